The molecule has 4 heteroatoms. The lowest BCUT2D eigenvalue weighted by molar-refractivity contribution is 0.555. The van der Waals surface area contributed by atoms with E-state index >= 15 is 0 Å². The highest BCUT2D eigenvalue weighted by Gasteiger charge is 2.27. The molecular formula is C16H16ClN3. The molecule has 102 valence electrons. The first-order chi connectivity index (χ1) is 9.68. The Morgan fingerprint density at radius 1 is 1.10 bits per heavy atom. The van der Waals surface area contributed by atoms with Gasteiger partial charge < -0.3 is 10.6 Å². The largest absolute Gasteiger partial charge is 0.325 e. The third kappa shape index (κ3) is 2.19. The predicted molar refractivity (Wildman–Crippen MR) is 82.8 cm³/mol. The number of halogens is 1. The topological polar surface area (TPSA) is 41.6 Å². The molecular weight excluding hydrogens is 270 g/mol. The van der Waals surface area contributed by atoms with E-state index in [-0.39, 0.29) is 12.2 Å². The van der Waals surface area contributed by atoms with Crippen LogP contribution in [0.15, 0.2) is 59.6 Å². The molecule has 1 aliphatic heterocycles. The molecule has 0 aromatic heterocycles. The third-order valence-electron chi connectivity index (χ3n) is 3.38. The van der Waals surface area contributed by atoms with Crippen LogP contribution in [0.2, 0.25) is 0 Å². The minimum Gasteiger partial charge on any atom is -0.325 e. The average Bonchev–Trinajstić information content (AvgIpc) is 2.48. The van der Waals surface area contributed by atoms with Crippen molar-refractivity contribution in [3.63, 3.8) is 0 Å². The van der Waals surface area contributed by atoms with Crippen LogP contribution in [0.25, 0.3) is 5.16 Å². The zero-order chi connectivity index (χ0) is 14.1. The van der Waals surface area contributed by atoms with Gasteiger partial charge in [-0.15, -0.1) is 0 Å². The second-order valence-corrected chi connectivity index (χ2v) is 5.27. The molecule has 0 aliphatic carbocycles. The maximum atomic E-state index is 6.61. The Morgan fingerprint density at radius 2 is 1.75 bits per heavy atom. The van der Waals surface area contributed by atoms with Gasteiger partial charge in [-0.05, 0) is 31.2 Å². The van der Waals surface area contributed by atoms with Crippen molar-refractivity contribution < 1.29 is 0 Å². The Labute approximate surface area is 123 Å². The Balaban J connectivity index is 2.25. The second kappa shape index (κ2) is 5.27. The van der Waals surface area contributed by atoms with E-state index in [0.29, 0.717) is 5.16 Å². The number of benzene rings is 2. The number of para-hydroxylation sites is 2. The van der Waals surface area contributed by atoms with Gasteiger partial charge in [0.25, 0.3) is 0 Å². The molecule has 2 atom stereocenters. The van der Waals surface area contributed by atoms with E-state index in [4.69, 9.17) is 22.3 Å². The van der Waals surface area contributed by atoms with E-state index in [1.54, 1.807) is 0 Å². The number of anilines is 1. The van der Waals surface area contributed by atoms with Gasteiger partial charge in [0.15, 0.2) is 0 Å². The molecule has 0 saturated carbocycles. The van der Waals surface area contributed by atoms with E-state index in [9.17, 15) is 0 Å². The summed E-state index contributed by atoms with van der Waals surface area (Å²) < 4.78 is 0. The fraction of sp³-hybridized carbons (Fsp3) is 0.188. The monoisotopic (exact) mass is 285 g/mol. The number of hydrogen-bond donors (Lipinski definition) is 1. The molecule has 2 N–H and O–H groups in total. The van der Waals surface area contributed by atoms with Crippen molar-refractivity contribution in [2.75, 3.05) is 4.90 Å². The first-order valence-electron chi connectivity index (χ1n) is 6.61. The highest BCUT2D eigenvalue weighted by atomic mass is 35.5. The van der Waals surface area contributed by atoms with Crippen LogP contribution < -0.4 is 21.2 Å². The van der Waals surface area contributed by atoms with Crippen LogP contribution in [0, 0.1) is 0 Å². The van der Waals surface area contributed by atoms with Gasteiger partial charge in [0.05, 0.1) is 5.36 Å². The minimum atomic E-state index is -0.195. The number of nitrogens with zero attached hydrogens (tertiary/aromatic N) is 2. The van der Waals surface area contributed by atoms with Gasteiger partial charge in [-0.25, -0.2) is 0 Å². The molecule has 0 bridgehead atoms. The zero-order valence-corrected chi connectivity index (χ0v) is 12.0. The lowest BCUT2D eigenvalue weighted by atomic mass is 10.1. The molecule has 1 aliphatic rings. The Morgan fingerprint density at radius 3 is 2.45 bits per heavy atom. The van der Waals surface area contributed by atoms with Crippen molar-refractivity contribution in [1.29, 1.82) is 0 Å². The highest BCUT2D eigenvalue weighted by molar-refractivity contribution is 6.47. The average molecular weight is 286 g/mol. The van der Waals surface area contributed by atoms with Crippen molar-refractivity contribution in [2.45, 2.75) is 19.1 Å². The van der Waals surface area contributed by atoms with Gasteiger partial charge in [0, 0.05) is 16.9 Å². The Kier molecular flexibility index (Phi) is 3.47. The van der Waals surface area contributed by atoms with E-state index in [0.717, 1.165) is 16.3 Å². The maximum absolute atomic E-state index is 6.61. The number of rotatable bonds is 2. The summed E-state index contributed by atoms with van der Waals surface area (Å²) in [5.74, 6) is 0. The van der Waals surface area contributed by atoms with Crippen LogP contribution in [-0.4, -0.2) is 12.2 Å². The molecule has 0 saturated heterocycles. The van der Waals surface area contributed by atoms with Crippen LogP contribution in [-0.2, 0) is 0 Å². The summed E-state index contributed by atoms with van der Waals surface area (Å²) in [7, 11) is 0. The molecule has 2 aromatic carbocycles. The van der Waals surface area contributed by atoms with Crippen LogP contribution in [0.1, 0.15) is 6.92 Å². The van der Waals surface area contributed by atoms with Crippen LogP contribution in [0.3, 0.4) is 0 Å². The molecule has 2 aromatic rings. The van der Waals surface area contributed by atoms with E-state index in [1.807, 2.05) is 66.4 Å². The van der Waals surface area contributed by atoms with Crippen molar-refractivity contribution in [3.05, 3.63) is 65.2 Å². The summed E-state index contributed by atoms with van der Waals surface area (Å²) in [6.07, 6.45) is -0.195. The van der Waals surface area contributed by atoms with E-state index < -0.39 is 0 Å². The molecule has 0 amide bonds. The predicted octanol–water partition coefficient (Wildman–Crippen LogP) is 1.80. The van der Waals surface area contributed by atoms with Crippen LogP contribution >= 0.6 is 11.6 Å². The smallest absolute Gasteiger partial charge is 0.141 e. The van der Waals surface area contributed by atoms with Crippen LogP contribution in [0.4, 0.5) is 5.69 Å². The Hall–Kier alpha value is -1.84. The van der Waals surface area contributed by atoms with Gasteiger partial charge in [-0.1, -0.05) is 41.9 Å². The molecule has 0 fully saturated rings. The zero-order valence-electron chi connectivity index (χ0n) is 11.2. The molecule has 1 unspecified atom stereocenters. The van der Waals surface area contributed by atoms with Gasteiger partial charge in [0.2, 0.25) is 0 Å². The summed E-state index contributed by atoms with van der Waals surface area (Å²) >= 11 is 6.61. The normalized spacial score (nSPS) is 19.2. The van der Waals surface area contributed by atoms with Gasteiger partial charge >= 0.3 is 0 Å². The summed E-state index contributed by atoms with van der Waals surface area (Å²) in [6, 6.07) is 17.7. The second-order valence-electron chi connectivity index (χ2n) is 4.92. The van der Waals surface area contributed by atoms with Crippen molar-refractivity contribution in [2.24, 2.45) is 10.7 Å². The summed E-state index contributed by atoms with van der Waals surface area (Å²) in [6.45, 7) is 1.95. The lowest BCUT2D eigenvalue weighted by Gasteiger charge is -2.34. The number of hydrogen-bond acceptors (Lipinski definition) is 3. The maximum Gasteiger partial charge on any atom is 0.141 e. The molecule has 3 nitrogen and oxygen atoms in total. The fourth-order valence-corrected chi connectivity index (χ4v) is 2.77. The van der Waals surface area contributed by atoms with Crippen molar-refractivity contribution >= 4 is 22.4 Å². The van der Waals surface area contributed by atoms with Gasteiger partial charge in [0.1, 0.15) is 11.3 Å². The first kappa shape index (κ1) is 13.2. The molecule has 0 radical (unpaired) electrons. The van der Waals surface area contributed by atoms with Crippen molar-refractivity contribution in [3.8, 4) is 0 Å². The van der Waals surface area contributed by atoms with Gasteiger partial charge in [-0.2, -0.15) is 0 Å². The van der Waals surface area contributed by atoms with Crippen molar-refractivity contribution in [1.82, 2.24) is 0 Å². The molecule has 1 heterocycles. The summed E-state index contributed by atoms with van der Waals surface area (Å²) in [5, 5.41) is 2.51. The SMILES string of the molecule is CC(N)[C@H]1N=c2ccccc2=C(Cl)N1c1ccccc1. The van der Waals surface area contributed by atoms with Gasteiger partial charge in [-0.3, -0.25) is 4.99 Å². The lowest BCUT2D eigenvalue weighted by Crippen LogP contribution is -2.51. The summed E-state index contributed by atoms with van der Waals surface area (Å²) in [5.41, 5.74) is 7.11. The molecule has 0 spiro atoms. The van der Waals surface area contributed by atoms with E-state index in [2.05, 4.69) is 0 Å². The fourth-order valence-electron chi connectivity index (χ4n) is 2.41. The summed E-state index contributed by atoms with van der Waals surface area (Å²) in [4.78, 5) is 6.74. The first-order valence-corrected chi connectivity index (χ1v) is 6.99. The number of fused-ring (bicyclic) bond motifs is 1. The third-order valence-corrected chi connectivity index (χ3v) is 3.76. The quantitative estimate of drug-likeness (QED) is 0.855. The number of nitrogens with two attached hydrogens (primary N) is 1. The Bertz CT molecular complexity index is 725. The highest BCUT2D eigenvalue weighted by Crippen LogP contribution is 2.26. The molecule has 3 rings (SSSR count). The van der Waals surface area contributed by atoms with Crippen LogP contribution in [0.5, 0.6) is 0 Å². The minimum absolute atomic E-state index is 0.127. The standard InChI is InChI=1S/C16H16ClN3/c1-11(18)16-19-14-10-6-5-9-13(14)15(17)20(16)12-7-3-2-4-8-12/h2-11,16H,18H2,1H3/t11?,16-/m0/s1. The van der Waals surface area contributed by atoms with E-state index in [1.165, 1.54) is 0 Å². The molecule has 20 heavy (non-hydrogen) atoms.